The van der Waals surface area contributed by atoms with Crippen LogP contribution in [0.1, 0.15) is 30.7 Å². The minimum atomic E-state index is -3.57. The molecule has 0 bridgehead atoms. The first-order valence-electron chi connectivity index (χ1n) is 9.93. The molecule has 0 saturated carbocycles. The predicted molar refractivity (Wildman–Crippen MR) is 112 cm³/mol. The van der Waals surface area contributed by atoms with Gasteiger partial charge >= 0.3 is 6.43 Å². The Balaban J connectivity index is 1.59. The lowest BCUT2D eigenvalue weighted by atomic mass is 10.1. The van der Waals surface area contributed by atoms with Gasteiger partial charge in [-0.15, -0.1) is 10.2 Å². The van der Waals surface area contributed by atoms with E-state index in [0.29, 0.717) is 37.2 Å². The summed E-state index contributed by atoms with van der Waals surface area (Å²) in [5.41, 5.74) is 1.83. The van der Waals surface area contributed by atoms with Gasteiger partial charge in [0, 0.05) is 5.56 Å². The van der Waals surface area contributed by atoms with E-state index in [2.05, 4.69) is 15.5 Å². The molecule has 164 valence electrons. The van der Waals surface area contributed by atoms with Gasteiger partial charge in [0.05, 0.1) is 17.5 Å². The molecule has 1 saturated heterocycles. The van der Waals surface area contributed by atoms with Gasteiger partial charge in [-0.3, -0.25) is 4.31 Å². The number of anilines is 1. The average Bonchev–Trinajstić information content (AvgIpc) is 3.30. The average molecular weight is 448 g/mol. The Kier molecular flexibility index (Phi) is 6.28. The van der Waals surface area contributed by atoms with E-state index in [0.717, 1.165) is 5.56 Å². The molecule has 7 nitrogen and oxygen atoms in total. The molecular formula is C21H22F2N4O3S. The normalized spacial score (nSPS) is 15.3. The minimum Gasteiger partial charge on any atom is -0.415 e. The molecule has 3 aromatic rings. The fraction of sp³-hybridized carbons (Fsp3) is 0.333. The Labute approximate surface area is 179 Å². The highest BCUT2D eigenvalue weighted by atomic mass is 32.2. The van der Waals surface area contributed by atoms with Crippen LogP contribution in [0.5, 0.6) is 0 Å². The zero-order chi connectivity index (χ0) is 21.8. The number of sulfonamides is 1. The van der Waals surface area contributed by atoms with Gasteiger partial charge < -0.3 is 9.73 Å². The van der Waals surface area contributed by atoms with Gasteiger partial charge in [0.15, 0.2) is 0 Å². The van der Waals surface area contributed by atoms with Crippen molar-refractivity contribution in [2.45, 2.75) is 31.1 Å². The van der Waals surface area contributed by atoms with Gasteiger partial charge in [0.25, 0.3) is 5.89 Å². The molecule has 1 N–H and O–H groups in total. The number of para-hydroxylation sites is 1. The van der Waals surface area contributed by atoms with Crippen LogP contribution in [0, 0.1) is 0 Å². The van der Waals surface area contributed by atoms with E-state index >= 15 is 0 Å². The number of alkyl halides is 2. The topological polar surface area (TPSA) is 88.3 Å². The van der Waals surface area contributed by atoms with Crippen LogP contribution >= 0.6 is 0 Å². The summed E-state index contributed by atoms with van der Waals surface area (Å²) in [5.74, 6) is -0.744. The third-order valence-corrected chi connectivity index (χ3v) is 7.48. The van der Waals surface area contributed by atoms with Crippen molar-refractivity contribution in [2.24, 2.45) is 0 Å². The second-order valence-electron chi connectivity index (χ2n) is 7.28. The van der Waals surface area contributed by atoms with E-state index in [-0.39, 0.29) is 12.4 Å². The number of nitrogens with one attached hydrogen (secondary N) is 1. The summed E-state index contributed by atoms with van der Waals surface area (Å²) >= 11 is 0. The van der Waals surface area contributed by atoms with Crippen LogP contribution in [0.15, 0.2) is 59.0 Å². The maximum atomic E-state index is 13.4. The first kappa shape index (κ1) is 21.4. The minimum absolute atomic E-state index is 0.0101. The van der Waals surface area contributed by atoms with Crippen LogP contribution in [0.25, 0.3) is 11.5 Å². The maximum Gasteiger partial charge on any atom is 0.314 e. The lowest BCUT2D eigenvalue weighted by molar-refractivity contribution is 0.116. The molecule has 1 aliphatic rings. The summed E-state index contributed by atoms with van der Waals surface area (Å²) in [7, 11) is -3.57. The molecule has 0 amide bonds. The first-order chi connectivity index (χ1) is 14.9. The molecule has 0 aliphatic carbocycles. The number of aromatic nitrogens is 2. The molecule has 31 heavy (non-hydrogen) atoms. The molecule has 0 radical (unpaired) electrons. The van der Waals surface area contributed by atoms with E-state index in [4.69, 9.17) is 4.42 Å². The molecule has 1 aliphatic heterocycles. The Morgan fingerprint density at radius 2 is 1.71 bits per heavy atom. The van der Waals surface area contributed by atoms with Gasteiger partial charge in [-0.1, -0.05) is 30.3 Å². The van der Waals surface area contributed by atoms with Crippen molar-refractivity contribution in [3.05, 3.63) is 66.1 Å². The van der Waals surface area contributed by atoms with E-state index in [9.17, 15) is 17.2 Å². The zero-order valence-electron chi connectivity index (χ0n) is 16.6. The van der Waals surface area contributed by atoms with Crippen LogP contribution in [-0.4, -0.2) is 37.0 Å². The fourth-order valence-electron chi connectivity index (χ4n) is 3.55. The van der Waals surface area contributed by atoms with Crippen molar-refractivity contribution in [2.75, 3.05) is 17.4 Å². The molecule has 1 fully saturated rings. The maximum absolute atomic E-state index is 13.4. The molecule has 0 unspecified atom stereocenters. The summed E-state index contributed by atoms with van der Waals surface area (Å²) in [5, 5.41) is 9.72. The molecule has 0 spiro atoms. The molecule has 1 aromatic heterocycles. The molecule has 10 heteroatoms. The van der Waals surface area contributed by atoms with Crippen LogP contribution in [-0.2, 0) is 16.6 Å². The summed E-state index contributed by atoms with van der Waals surface area (Å²) < 4.78 is 58.6. The van der Waals surface area contributed by atoms with Crippen molar-refractivity contribution in [1.82, 2.24) is 15.5 Å². The predicted octanol–water partition coefficient (Wildman–Crippen LogP) is 3.76. The summed E-state index contributed by atoms with van der Waals surface area (Å²) in [4.78, 5) is 0. The van der Waals surface area contributed by atoms with Crippen molar-refractivity contribution in [3.63, 3.8) is 0 Å². The number of benzene rings is 2. The van der Waals surface area contributed by atoms with Crippen LogP contribution in [0.3, 0.4) is 0 Å². The summed E-state index contributed by atoms with van der Waals surface area (Å²) in [6.07, 6.45) is -1.71. The Morgan fingerprint density at radius 3 is 2.32 bits per heavy atom. The van der Waals surface area contributed by atoms with Crippen molar-refractivity contribution < 1.29 is 21.6 Å². The van der Waals surface area contributed by atoms with E-state index in [1.807, 2.05) is 6.07 Å². The number of hydrogen-bond donors (Lipinski definition) is 1. The number of nitrogens with zero attached hydrogens (tertiary/aromatic N) is 3. The van der Waals surface area contributed by atoms with Crippen LogP contribution in [0.2, 0.25) is 0 Å². The third-order valence-electron chi connectivity index (χ3n) is 5.21. The second-order valence-corrected chi connectivity index (χ2v) is 9.42. The number of piperidine rings is 1. The Morgan fingerprint density at radius 1 is 1.03 bits per heavy atom. The van der Waals surface area contributed by atoms with E-state index in [1.165, 1.54) is 4.31 Å². The SMILES string of the molecule is O=S(=O)(C1CCNCC1)N(Cc1ccc(-c2nnc(C(F)F)o2)cc1)c1ccccc1. The molecule has 4 rings (SSSR count). The van der Waals surface area contributed by atoms with Crippen LogP contribution < -0.4 is 9.62 Å². The molecule has 0 atom stereocenters. The van der Waals surface area contributed by atoms with E-state index in [1.54, 1.807) is 48.5 Å². The highest BCUT2D eigenvalue weighted by Crippen LogP contribution is 2.28. The molecular weight excluding hydrogens is 426 g/mol. The van der Waals surface area contributed by atoms with Crippen LogP contribution in [0.4, 0.5) is 14.5 Å². The van der Waals surface area contributed by atoms with Gasteiger partial charge in [-0.2, -0.15) is 8.78 Å². The van der Waals surface area contributed by atoms with Crippen molar-refractivity contribution >= 4 is 15.7 Å². The lowest BCUT2D eigenvalue weighted by Crippen LogP contribution is -2.43. The summed E-state index contributed by atoms with van der Waals surface area (Å²) in [6, 6.07) is 15.8. The number of halogens is 2. The van der Waals surface area contributed by atoms with Crippen molar-refractivity contribution in [1.29, 1.82) is 0 Å². The monoisotopic (exact) mass is 448 g/mol. The molecule has 2 heterocycles. The second kappa shape index (κ2) is 9.11. The smallest absolute Gasteiger partial charge is 0.314 e. The zero-order valence-corrected chi connectivity index (χ0v) is 17.4. The third kappa shape index (κ3) is 4.75. The molecule has 2 aromatic carbocycles. The first-order valence-corrected chi connectivity index (χ1v) is 11.4. The Hall–Kier alpha value is -2.85. The van der Waals surface area contributed by atoms with Gasteiger partial charge in [0.1, 0.15) is 0 Å². The van der Waals surface area contributed by atoms with Crippen molar-refractivity contribution in [3.8, 4) is 11.5 Å². The van der Waals surface area contributed by atoms with Gasteiger partial charge in [0.2, 0.25) is 15.9 Å². The standard InChI is InChI=1S/C21H22F2N4O3S/c22-19(23)21-26-25-20(30-21)16-8-6-15(7-9-16)14-27(17-4-2-1-3-5-17)31(28,29)18-10-12-24-13-11-18/h1-9,18-19,24H,10-14H2. The lowest BCUT2D eigenvalue weighted by Gasteiger charge is -2.31. The van der Waals surface area contributed by atoms with E-state index < -0.39 is 27.6 Å². The highest BCUT2D eigenvalue weighted by Gasteiger charge is 2.33. The largest absolute Gasteiger partial charge is 0.415 e. The summed E-state index contributed by atoms with van der Waals surface area (Å²) in [6.45, 7) is 1.50. The quantitative estimate of drug-likeness (QED) is 0.592. The van der Waals surface area contributed by atoms with Gasteiger partial charge in [-0.05, 0) is 55.8 Å². The van der Waals surface area contributed by atoms with Gasteiger partial charge in [-0.25, -0.2) is 8.42 Å². The Bertz CT molecular complexity index is 1100. The fourth-order valence-corrected chi connectivity index (χ4v) is 5.49. The number of rotatable bonds is 7. The number of hydrogen-bond acceptors (Lipinski definition) is 6. The highest BCUT2D eigenvalue weighted by molar-refractivity contribution is 7.93.